The Balaban J connectivity index is 2.15. The third-order valence-corrected chi connectivity index (χ3v) is 4.96. The summed E-state index contributed by atoms with van der Waals surface area (Å²) in [4.78, 5) is 27.6. The topological polar surface area (TPSA) is 83.2 Å². The molecule has 1 saturated heterocycles. The first kappa shape index (κ1) is 18.7. The van der Waals surface area contributed by atoms with Crippen LogP contribution >= 0.6 is 0 Å². The number of aromatic amines is 1. The second kappa shape index (κ2) is 7.94. The quantitative estimate of drug-likeness (QED) is 0.664. The average Bonchev–Trinajstić information content (AvgIpc) is 2.90. The minimum atomic E-state index is -0.142. The fourth-order valence-corrected chi connectivity index (χ4v) is 3.69. The summed E-state index contributed by atoms with van der Waals surface area (Å²) in [7, 11) is 1.70. The molecule has 24 heavy (non-hydrogen) atoms. The second-order valence-corrected chi connectivity index (χ2v) is 6.75. The number of hydrogen-bond donors (Lipinski definition) is 3. The molecule has 0 aromatic carbocycles. The molecule has 1 fully saturated rings. The molecule has 6 nitrogen and oxygen atoms in total. The summed E-state index contributed by atoms with van der Waals surface area (Å²) in [6, 6.07) is 0. The number of hydrogen-bond acceptors (Lipinski definition) is 4. The first-order valence-electron chi connectivity index (χ1n) is 8.64. The summed E-state index contributed by atoms with van der Waals surface area (Å²) >= 11 is 0. The van der Waals surface area contributed by atoms with Gasteiger partial charge in [-0.25, -0.2) is 0 Å². The number of rotatable bonds is 7. The number of amides is 1. The van der Waals surface area contributed by atoms with Gasteiger partial charge in [-0.2, -0.15) is 0 Å². The number of H-pyrrole nitrogens is 1. The van der Waals surface area contributed by atoms with E-state index in [0.717, 1.165) is 37.2 Å². The number of carbonyl (C=O) groups is 2. The van der Waals surface area contributed by atoms with Gasteiger partial charge in [0.05, 0.1) is 6.61 Å². The maximum atomic E-state index is 12.7. The van der Waals surface area contributed by atoms with E-state index in [9.17, 15) is 9.59 Å². The van der Waals surface area contributed by atoms with Crippen molar-refractivity contribution in [2.75, 3.05) is 33.4 Å². The van der Waals surface area contributed by atoms with Crippen molar-refractivity contribution in [3.63, 3.8) is 0 Å². The standard InChI is InChI=1S/C18H29N3O3/c1-5-14-15(13(3)22)12(2)21-16(14)17(23)20-10-18(11-24-4)6-8-19-9-7-18/h19,21H,5-11H2,1-4H3,(H,20,23). The Morgan fingerprint density at radius 1 is 1.29 bits per heavy atom. The van der Waals surface area contributed by atoms with Crippen LogP contribution in [0.3, 0.4) is 0 Å². The lowest BCUT2D eigenvalue weighted by atomic mass is 9.79. The van der Waals surface area contributed by atoms with Crippen LogP contribution in [0.25, 0.3) is 0 Å². The Morgan fingerprint density at radius 3 is 2.50 bits per heavy atom. The molecule has 134 valence electrons. The Labute approximate surface area is 143 Å². The van der Waals surface area contributed by atoms with Crippen LogP contribution in [0.1, 0.15) is 58.8 Å². The van der Waals surface area contributed by atoms with Gasteiger partial charge in [-0.1, -0.05) is 6.92 Å². The van der Waals surface area contributed by atoms with E-state index in [0.29, 0.717) is 30.8 Å². The molecule has 1 aliphatic rings. The lowest BCUT2D eigenvalue weighted by molar-refractivity contribution is 0.0510. The van der Waals surface area contributed by atoms with Gasteiger partial charge >= 0.3 is 0 Å². The van der Waals surface area contributed by atoms with Crippen molar-refractivity contribution < 1.29 is 14.3 Å². The van der Waals surface area contributed by atoms with E-state index in [4.69, 9.17) is 4.74 Å². The van der Waals surface area contributed by atoms with Gasteiger partial charge in [-0.05, 0) is 51.8 Å². The molecule has 6 heteroatoms. The van der Waals surface area contributed by atoms with Crippen LogP contribution in [0.2, 0.25) is 0 Å². The van der Waals surface area contributed by atoms with Gasteiger partial charge in [0.2, 0.25) is 0 Å². The second-order valence-electron chi connectivity index (χ2n) is 6.75. The summed E-state index contributed by atoms with van der Waals surface area (Å²) in [6.07, 6.45) is 2.60. The zero-order valence-electron chi connectivity index (χ0n) is 15.2. The number of aryl methyl sites for hydroxylation is 1. The van der Waals surface area contributed by atoms with Crippen molar-refractivity contribution in [3.8, 4) is 0 Å². The zero-order chi connectivity index (χ0) is 17.7. The molecular formula is C18H29N3O3. The van der Waals surface area contributed by atoms with Crippen molar-refractivity contribution in [1.82, 2.24) is 15.6 Å². The molecule has 1 amide bonds. The minimum Gasteiger partial charge on any atom is -0.384 e. The fraction of sp³-hybridized carbons (Fsp3) is 0.667. The summed E-state index contributed by atoms with van der Waals surface area (Å²) in [5, 5.41) is 6.41. The van der Waals surface area contributed by atoms with Gasteiger partial charge in [0.15, 0.2) is 5.78 Å². The Kier molecular flexibility index (Phi) is 6.18. The molecule has 1 aliphatic heterocycles. The van der Waals surface area contributed by atoms with Crippen LogP contribution in [0.15, 0.2) is 0 Å². The monoisotopic (exact) mass is 335 g/mol. The van der Waals surface area contributed by atoms with E-state index >= 15 is 0 Å². The number of piperidine rings is 1. The highest BCUT2D eigenvalue weighted by Crippen LogP contribution is 2.28. The highest BCUT2D eigenvalue weighted by molar-refractivity contribution is 6.02. The molecule has 0 unspecified atom stereocenters. The van der Waals surface area contributed by atoms with Crippen molar-refractivity contribution in [2.45, 2.75) is 40.0 Å². The Hall–Kier alpha value is -1.66. The molecule has 1 aromatic heterocycles. The maximum Gasteiger partial charge on any atom is 0.268 e. The number of carbonyl (C=O) groups excluding carboxylic acids is 2. The smallest absolute Gasteiger partial charge is 0.268 e. The molecular weight excluding hydrogens is 306 g/mol. The SMILES string of the molecule is CCc1c(C(=O)NCC2(COC)CCNCC2)[nH]c(C)c1C(C)=O. The van der Waals surface area contributed by atoms with Crippen LogP contribution in [-0.2, 0) is 11.2 Å². The summed E-state index contributed by atoms with van der Waals surface area (Å²) in [5.74, 6) is -0.148. The van der Waals surface area contributed by atoms with E-state index in [2.05, 4.69) is 15.6 Å². The molecule has 2 heterocycles. The van der Waals surface area contributed by atoms with Crippen molar-refractivity contribution >= 4 is 11.7 Å². The first-order chi connectivity index (χ1) is 11.4. The third-order valence-electron chi connectivity index (χ3n) is 4.96. The van der Waals surface area contributed by atoms with Gasteiger partial charge in [0.1, 0.15) is 5.69 Å². The van der Waals surface area contributed by atoms with E-state index in [-0.39, 0.29) is 17.1 Å². The van der Waals surface area contributed by atoms with Crippen LogP contribution in [-0.4, -0.2) is 50.0 Å². The Bertz CT molecular complexity index is 595. The largest absolute Gasteiger partial charge is 0.384 e. The molecule has 0 radical (unpaired) electrons. The molecule has 0 spiro atoms. The summed E-state index contributed by atoms with van der Waals surface area (Å²) < 4.78 is 5.39. The average molecular weight is 335 g/mol. The predicted octanol–water partition coefficient (Wildman–Crippen LogP) is 1.83. The van der Waals surface area contributed by atoms with Crippen molar-refractivity contribution in [2.24, 2.45) is 5.41 Å². The van der Waals surface area contributed by atoms with E-state index in [1.54, 1.807) is 14.0 Å². The highest BCUT2D eigenvalue weighted by atomic mass is 16.5. The number of ether oxygens (including phenoxy) is 1. The number of aromatic nitrogens is 1. The van der Waals surface area contributed by atoms with Gasteiger partial charge in [0.25, 0.3) is 5.91 Å². The number of methoxy groups -OCH3 is 1. The van der Waals surface area contributed by atoms with Gasteiger partial charge < -0.3 is 20.4 Å². The number of nitrogens with one attached hydrogen (secondary N) is 3. The fourth-order valence-electron chi connectivity index (χ4n) is 3.69. The van der Waals surface area contributed by atoms with E-state index < -0.39 is 0 Å². The summed E-state index contributed by atoms with van der Waals surface area (Å²) in [6.45, 7) is 8.44. The van der Waals surface area contributed by atoms with Crippen molar-refractivity contribution in [3.05, 3.63) is 22.5 Å². The zero-order valence-corrected chi connectivity index (χ0v) is 15.2. The normalized spacial score (nSPS) is 16.8. The molecule has 0 saturated carbocycles. The molecule has 1 aromatic rings. The third kappa shape index (κ3) is 3.87. The first-order valence-corrected chi connectivity index (χ1v) is 8.64. The van der Waals surface area contributed by atoms with Gasteiger partial charge in [-0.3, -0.25) is 9.59 Å². The maximum absolute atomic E-state index is 12.7. The number of ketones is 1. The highest BCUT2D eigenvalue weighted by Gasteiger charge is 2.33. The number of Topliss-reactive ketones (excluding diaryl/α,β-unsaturated/α-hetero) is 1. The molecule has 0 atom stereocenters. The molecule has 0 aliphatic carbocycles. The van der Waals surface area contributed by atoms with Crippen LogP contribution in [0.5, 0.6) is 0 Å². The van der Waals surface area contributed by atoms with Gasteiger partial charge in [0, 0.05) is 30.3 Å². The van der Waals surface area contributed by atoms with Gasteiger partial charge in [-0.15, -0.1) is 0 Å². The predicted molar refractivity (Wildman–Crippen MR) is 93.7 cm³/mol. The molecule has 0 bridgehead atoms. The minimum absolute atomic E-state index is 0.00569. The molecule has 2 rings (SSSR count). The lowest BCUT2D eigenvalue weighted by Crippen LogP contribution is -2.47. The van der Waals surface area contributed by atoms with Crippen LogP contribution in [0, 0.1) is 12.3 Å². The Morgan fingerprint density at radius 2 is 1.96 bits per heavy atom. The van der Waals surface area contributed by atoms with Crippen LogP contribution in [0.4, 0.5) is 0 Å². The lowest BCUT2D eigenvalue weighted by Gasteiger charge is -2.37. The molecule has 3 N–H and O–H groups in total. The van der Waals surface area contributed by atoms with E-state index in [1.807, 2.05) is 13.8 Å². The summed E-state index contributed by atoms with van der Waals surface area (Å²) in [5.41, 5.74) is 2.71. The van der Waals surface area contributed by atoms with Crippen molar-refractivity contribution in [1.29, 1.82) is 0 Å². The van der Waals surface area contributed by atoms with E-state index in [1.165, 1.54) is 0 Å². The van der Waals surface area contributed by atoms with Crippen LogP contribution < -0.4 is 10.6 Å².